The molecule has 0 aromatic heterocycles. The molecule has 0 aliphatic carbocycles. The zero-order valence-corrected chi connectivity index (χ0v) is 11.8. The number of carbonyl (C=O) groups excluding carboxylic acids is 1. The van der Waals surface area contributed by atoms with Crippen LogP contribution in [0.3, 0.4) is 0 Å². The lowest BCUT2D eigenvalue weighted by Gasteiger charge is -2.09. The molecule has 20 heavy (non-hydrogen) atoms. The van der Waals surface area contributed by atoms with E-state index >= 15 is 0 Å². The van der Waals surface area contributed by atoms with Gasteiger partial charge in [-0.2, -0.15) is 0 Å². The van der Waals surface area contributed by atoms with Crippen LogP contribution in [0.2, 0.25) is 0 Å². The summed E-state index contributed by atoms with van der Waals surface area (Å²) in [5, 5.41) is 0. The maximum absolute atomic E-state index is 10.7. The quantitative estimate of drug-likeness (QED) is 0.749. The zero-order valence-electron chi connectivity index (χ0n) is 11.8. The van der Waals surface area contributed by atoms with Gasteiger partial charge in [0.05, 0.1) is 6.61 Å². The molecule has 0 N–H and O–H groups in total. The lowest BCUT2D eigenvalue weighted by atomic mass is 10.1. The number of rotatable bonds is 6. The Hall–Kier alpha value is -2.13. The highest BCUT2D eigenvalue weighted by molar-refractivity contribution is 5.75. The fourth-order valence-corrected chi connectivity index (χ4v) is 1.93. The number of aldehydes is 1. The van der Waals surface area contributed by atoms with Gasteiger partial charge in [-0.3, -0.25) is 4.79 Å². The molecule has 0 radical (unpaired) electrons. The lowest BCUT2D eigenvalue weighted by molar-refractivity contribution is 0.112. The van der Waals surface area contributed by atoms with E-state index in [4.69, 9.17) is 9.47 Å². The second kappa shape index (κ2) is 6.87. The Morgan fingerprint density at radius 3 is 2.45 bits per heavy atom. The van der Waals surface area contributed by atoms with Crippen LogP contribution in [0.1, 0.15) is 21.5 Å². The third-order valence-electron chi connectivity index (χ3n) is 3.08. The number of hydrogen-bond acceptors (Lipinski definition) is 3. The Balaban J connectivity index is 2.08. The third-order valence-corrected chi connectivity index (χ3v) is 3.08. The van der Waals surface area contributed by atoms with Gasteiger partial charge in [0, 0.05) is 12.7 Å². The van der Waals surface area contributed by atoms with E-state index in [1.807, 2.05) is 43.3 Å². The van der Waals surface area contributed by atoms with E-state index in [-0.39, 0.29) is 0 Å². The molecule has 0 atom stereocenters. The number of carbonyl (C=O) groups is 1. The third kappa shape index (κ3) is 3.68. The van der Waals surface area contributed by atoms with E-state index in [2.05, 4.69) is 0 Å². The highest BCUT2D eigenvalue weighted by Gasteiger charge is 2.03. The number of methoxy groups -OCH3 is 1. The second-order valence-corrected chi connectivity index (χ2v) is 4.63. The number of hydrogen-bond donors (Lipinski definition) is 0. The van der Waals surface area contributed by atoms with Crippen molar-refractivity contribution in [3.8, 4) is 11.5 Å². The first-order valence-electron chi connectivity index (χ1n) is 6.54. The minimum atomic E-state index is 0.657. The van der Waals surface area contributed by atoms with Crippen LogP contribution >= 0.6 is 0 Å². The lowest BCUT2D eigenvalue weighted by Crippen LogP contribution is -1.94. The van der Waals surface area contributed by atoms with Gasteiger partial charge in [-0.25, -0.2) is 0 Å². The molecule has 0 fully saturated rings. The van der Waals surface area contributed by atoms with Gasteiger partial charge in [-0.05, 0) is 54.8 Å². The van der Waals surface area contributed by atoms with Crippen LogP contribution in [-0.2, 0) is 11.2 Å². The molecule has 0 saturated heterocycles. The topological polar surface area (TPSA) is 35.5 Å². The van der Waals surface area contributed by atoms with Gasteiger partial charge in [-0.1, -0.05) is 12.1 Å². The van der Waals surface area contributed by atoms with E-state index in [0.29, 0.717) is 12.2 Å². The molecule has 3 nitrogen and oxygen atoms in total. The molecular formula is C17H18O3. The minimum absolute atomic E-state index is 0.657. The van der Waals surface area contributed by atoms with E-state index in [1.165, 1.54) is 5.56 Å². The second-order valence-electron chi connectivity index (χ2n) is 4.63. The van der Waals surface area contributed by atoms with Crippen LogP contribution in [0.5, 0.6) is 11.5 Å². The Kier molecular flexibility index (Phi) is 4.91. The van der Waals surface area contributed by atoms with Gasteiger partial charge < -0.3 is 9.47 Å². The summed E-state index contributed by atoms with van der Waals surface area (Å²) in [4.78, 5) is 10.7. The standard InChI is InChI=1S/C17H18O3/c1-13-11-15(12-18)5-8-17(13)20-16-6-3-14(4-7-16)9-10-19-2/h3-8,11-12H,9-10H2,1-2H3. The first kappa shape index (κ1) is 14.3. The average Bonchev–Trinajstić information content (AvgIpc) is 2.48. The van der Waals surface area contributed by atoms with Gasteiger partial charge in [0.2, 0.25) is 0 Å². The molecule has 0 saturated carbocycles. The Morgan fingerprint density at radius 2 is 1.85 bits per heavy atom. The summed E-state index contributed by atoms with van der Waals surface area (Å²) in [6.07, 6.45) is 1.73. The highest BCUT2D eigenvalue weighted by Crippen LogP contribution is 2.25. The molecule has 0 unspecified atom stereocenters. The van der Waals surface area contributed by atoms with Crippen molar-refractivity contribution in [2.45, 2.75) is 13.3 Å². The highest BCUT2D eigenvalue weighted by atomic mass is 16.5. The van der Waals surface area contributed by atoms with Gasteiger partial charge in [0.15, 0.2) is 0 Å². The Morgan fingerprint density at radius 1 is 1.10 bits per heavy atom. The molecule has 0 aliphatic rings. The molecule has 2 aromatic rings. The molecule has 0 heterocycles. The number of ether oxygens (including phenoxy) is 2. The summed E-state index contributed by atoms with van der Waals surface area (Å²) in [5.74, 6) is 1.55. The fraction of sp³-hybridized carbons (Fsp3) is 0.235. The minimum Gasteiger partial charge on any atom is -0.457 e. The van der Waals surface area contributed by atoms with Crippen LogP contribution in [-0.4, -0.2) is 20.0 Å². The van der Waals surface area contributed by atoms with E-state index < -0.39 is 0 Å². The van der Waals surface area contributed by atoms with Crippen LogP contribution in [0.25, 0.3) is 0 Å². The van der Waals surface area contributed by atoms with Crippen molar-refractivity contribution in [1.29, 1.82) is 0 Å². The Bertz CT molecular complexity index is 573. The maximum atomic E-state index is 10.7. The van der Waals surface area contributed by atoms with Gasteiger partial charge in [0.1, 0.15) is 17.8 Å². The molecule has 2 aromatic carbocycles. The van der Waals surface area contributed by atoms with Crippen LogP contribution in [0.4, 0.5) is 0 Å². The monoisotopic (exact) mass is 270 g/mol. The van der Waals surface area contributed by atoms with E-state index in [9.17, 15) is 4.79 Å². The largest absolute Gasteiger partial charge is 0.457 e. The first-order chi connectivity index (χ1) is 9.72. The zero-order chi connectivity index (χ0) is 14.4. The molecule has 104 valence electrons. The number of benzene rings is 2. The molecule has 0 amide bonds. The van der Waals surface area contributed by atoms with E-state index in [0.717, 1.165) is 29.8 Å². The van der Waals surface area contributed by atoms with Crippen LogP contribution < -0.4 is 4.74 Å². The van der Waals surface area contributed by atoms with Crippen molar-refractivity contribution in [2.75, 3.05) is 13.7 Å². The first-order valence-corrected chi connectivity index (χ1v) is 6.54. The summed E-state index contributed by atoms with van der Waals surface area (Å²) < 4.78 is 10.9. The Labute approximate surface area is 119 Å². The predicted octanol–water partition coefficient (Wildman–Crippen LogP) is 3.79. The van der Waals surface area contributed by atoms with Crippen LogP contribution in [0.15, 0.2) is 42.5 Å². The van der Waals surface area contributed by atoms with Crippen molar-refractivity contribution < 1.29 is 14.3 Å². The summed E-state index contributed by atoms with van der Waals surface area (Å²) in [7, 11) is 1.70. The fourth-order valence-electron chi connectivity index (χ4n) is 1.93. The molecule has 0 spiro atoms. The van der Waals surface area contributed by atoms with Crippen molar-refractivity contribution in [3.63, 3.8) is 0 Å². The molecular weight excluding hydrogens is 252 g/mol. The van der Waals surface area contributed by atoms with Crippen molar-refractivity contribution in [3.05, 3.63) is 59.2 Å². The normalized spacial score (nSPS) is 10.3. The summed E-state index contributed by atoms with van der Waals surface area (Å²) in [5.41, 5.74) is 2.81. The van der Waals surface area contributed by atoms with Crippen LogP contribution in [0, 0.1) is 6.92 Å². The molecule has 0 bridgehead atoms. The SMILES string of the molecule is COCCc1ccc(Oc2ccc(C=O)cc2C)cc1. The van der Waals surface area contributed by atoms with Gasteiger partial charge >= 0.3 is 0 Å². The summed E-state index contributed by atoms with van der Waals surface area (Å²) in [6.45, 7) is 2.64. The van der Waals surface area contributed by atoms with E-state index in [1.54, 1.807) is 13.2 Å². The summed E-state index contributed by atoms with van der Waals surface area (Å²) >= 11 is 0. The van der Waals surface area contributed by atoms with Crippen molar-refractivity contribution >= 4 is 6.29 Å². The van der Waals surface area contributed by atoms with Crippen molar-refractivity contribution in [1.82, 2.24) is 0 Å². The van der Waals surface area contributed by atoms with Gasteiger partial charge in [0.25, 0.3) is 0 Å². The molecule has 0 aliphatic heterocycles. The number of aryl methyl sites for hydroxylation is 1. The molecule has 3 heteroatoms. The van der Waals surface area contributed by atoms with Crippen molar-refractivity contribution in [2.24, 2.45) is 0 Å². The molecule has 2 rings (SSSR count). The van der Waals surface area contributed by atoms with Gasteiger partial charge in [-0.15, -0.1) is 0 Å². The summed E-state index contributed by atoms with van der Waals surface area (Å²) in [6, 6.07) is 13.3. The smallest absolute Gasteiger partial charge is 0.150 e. The predicted molar refractivity (Wildman–Crippen MR) is 78.7 cm³/mol. The maximum Gasteiger partial charge on any atom is 0.150 e. The average molecular weight is 270 g/mol.